The molecule has 3 N–H and O–H groups in total. The van der Waals surface area contributed by atoms with Crippen LogP contribution in [0.5, 0.6) is 0 Å². The summed E-state index contributed by atoms with van der Waals surface area (Å²) in [5.74, 6) is 0.0878. The monoisotopic (exact) mass is 246 g/mol. The molecule has 2 rings (SSSR count). The summed E-state index contributed by atoms with van der Waals surface area (Å²) in [4.78, 5) is 11.7. The maximum atomic E-state index is 11.7. The quantitative estimate of drug-likeness (QED) is 0.834. The summed E-state index contributed by atoms with van der Waals surface area (Å²) in [6, 6.07) is 8.38. The fraction of sp³-hybridized carbons (Fsp3) is 0.533. The SMILES string of the molecule is Cc1cccc(CCNC(=O)CC2(N)CCC2)c1. The van der Waals surface area contributed by atoms with Gasteiger partial charge in [-0.2, -0.15) is 0 Å². The average Bonchev–Trinajstić information content (AvgIpc) is 2.27. The number of benzene rings is 1. The standard InChI is InChI=1S/C15H22N2O/c1-12-4-2-5-13(10-12)6-9-17-14(18)11-15(16)7-3-8-15/h2,4-5,10H,3,6-9,11,16H2,1H3,(H,17,18). The Morgan fingerprint density at radius 1 is 1.44 bits per heavy atom. The van der Waals surface area contributed by atoms with Crippen LogP contribution in [-0.4, -0.2) is 18.0 Å². The molecule has 0 spiro atoms. The van der Waals surface area contributed by atoms with Crippen LogP contribution in [0.3, 0.4) is 0 Å². The molecule has 0 bridgehead atoms. The van der Waals surface area contributed by atoms with Gasteiger partial charge in [-0.1, -0.05) is 29.8 Å². The average molecular weight is 246 g/mol. The van der Waals surface area contributed by atoms with E-state index in [4.69, 9.17) is 5.73 Å². The third-order valence-corrected chi connectivity index (χ3v) is 3.68. The molecule has 1 saturated carbocycles. The lowest BCUT2D eigenvalue weighted by Crippen LogP contribution is -2.50. The minimum atomic E-state index is -0.215. The first-order chi connectivity index (χ1) is 8.57. The molecule has 1 aliphatic carbocycles. The van der Waals surface area contributed by atoms with Gasteiger partial charge < -0.3 is 11.1 Å². The Hall–Kier alpha value is -1.35. The first-order valence-corrected chi connectivity index (χ1v) is 6.69. The molecule has 98 valence electrons. The number of amides is 1. The first-order valence-electron chi connectivity index (χ1n) is 6.69. The van der Waals surface area contributed by atoms with Crippen LogP contribution < -0.4 is 11.1 Å². The van der Waals surface area contributed by atoms with Crippen molar-refractivity contribution < 1.29 is 4.79 Å². The van der Waals surface area contributed by atoms with Gasteiger partial charge in [0.15, 0.2) is 0 Å². The maximum absolute atomic E-state index is 11.7. The highest BCUT2D eigenvalue weighted by atomic mass is 16.1. The maximum Gasteiger partial charge on any atom is 0.221 e. The molecule has 0 radical (unpaired) electrons. The van der Waals surface area contributed by atoms with Crippen molar-refractivity contribution >= 4 is 5.91 Å². The Labute approximate surface area is 109 Å². The topological polar surface area (TPSA) is 55.1 Å². The lowest BCUT2D eigenvalue weighted by molar-refractivity contribution is -0.122. The van der Waals surface area contributed by atoms with Gasteiger partial charge >= 0.3 is 0 Å². The van der Waals surface area contributed by atoms with Crippen molar-refractivity contribution in [2.75, 3.05) is 6.54 Å². The highest BCUT2D eigenvalue weighted by molar-refractivity contribution is 5.77. The van der Waals surface area contributed by atoms with E-state index >= 15 is 0 Å². The van der Waals surface area contributed by atoms with Crippen molar-refractivity contribution in [1.29, 1.82) is 0 Å². The molecule has 0 unspecified atom stereocenters. The second-order valence-corrected chi connectivity index (χ2v) is 5.48. The highest BCUT2D eigenvalue weighted by Crippen LogP contribution is 2.31. The second-order valence-electron chi connectivity index (χ2n) is 5.48. The van der Waals surface area contributed by atoms with Crippen molar-refractivity contribution in [1.82, 2.24) is 5.32 Å². The third kappa shape index (κ3) is 3.57. The molecule has 3 heteroatoms. The van der Waals surface area contributed by atoms with Gasteiger partial charge in [0.25, 0.3) is 0 Å². The van der Waals surface area contributed by atoms with E-state index in [2.05, 4.69) is 36.5 Å². The number of carbonyl (C=O) groups is 1. The molecule has 3 nitrogen and oxygen atoms in total. The predicted octanol–water partition coefficient (Wildman–Crippen LogP) is 1.93. The predicted molar refractivity (Wildman–Crippen MR) is 73.3 cm³/mol. The van der Waals surface area contributed by atoms with Crippen LogP contribution in [0.1, 0.15) is 36.8 Å². The lowest BCUT2D eigenvalue weighted by Gasteiger charge is -2.37. The number of nitrogens with one attached hydrogen (secondary N) is 1. The molecule has 0 aliphatic heterocycles. The van der Waals surface area contributed by atoms with Crippen molar-refractivity contribution in [3.05, 3.63) is 35.4 Å². The Bertz CT molecular complexity index is 424. The van der Waals surface area contributed by atoms with Gasteiger partial charge in [-0.3, -0.25) is 4.79 Å². The number of hydrogen-bond acceptors (Lipinski definition) is 2. The largest absolute Gasteiger partial charge is 0.356 e. The van der Waals surface area contributed by atoms with Crippen molar-refractivity contribution in [2.24, 2.45) is 5.73 Å². The zero-order valence-electron chi connectivity index (χ0n) is 11.0. The van der Waals surface area contributed by atoms with Gasteiger partial charge in [0.2, 0.25) is 5.91 Å². The summed E-state index contributed by atoms with van der Waals surface area (Å²) in [7, 11) is 0. The van der Waals surface area contributed by atoms with Crippen molar-refractivity contribution in [2.45, 2.75) is 44.6 Å². The molecular formula is C15H22N2O. The summed E-state index contributed by atoms with van der Waals surface area (Å²) in [6.45, 7) is 2.77. The molecule has 0 atom stereocenters. The van der Waals surface area contributed by atoms with E-state index in [1.54, 1.807) is 0 Å². The van der Waals surface area contributed by atoms with E-state index in [0.29, 0.717) is 13.0 Å². The van der Waals surface area contributed by atoms with Gasteiger partial charge in [0, 0.05) is 18.5 Å². The smallest absolute Gasteiger partial charge is 0.221 e. The summed E-state index contributed by atoms with van der Waals surface area (Å²) >= 11 is 0. The van der Waals surface area contributed by atoms with Crippen LogP contribution in [0.2, 0.25) is 0 Å². The van der Waals surface area contributed by atoms with Crippen LogP contribution in [0.4, 0.5) is 0 Å². The molecule has 1 aromatic rings. The van der Waals surface area contributed by atoms with E-state index in [1.807, 2.05) is 0 Å². The Morgan fingerprint density at radius 2 is 2.22 bits per heavy atom. The molecule has 0 saturated heterocycles. The fourth-order valence-electron chi connectivity index (χ4n) is 2.40. The van der Waals surface area contributed by atoms with E-state index < -0.39 is 0 Å². The Balaban J connectivity index is 1.70. The van der Waals surface area contributed by atoms with Gasteiger partial charge in [-0.15, -0.1) is 0 Å². The summed E-state index contributed by atoms with van der Waals surface area (Å²) in [5, 5.41) is 2.96. The molecule has 1 amide bonds. The minimum absolute atomic E-state index is 0.0878. The number of carbonyl (C=O) groups excluding carboxylic acids is 1. The highest BCUT2D eigenvalue weighted by Gasteiger charge is 2.34. The van der Waals surface area contributed by atoms with E-state index in [9.17, 15) is 4.79 Å². The number of rotatable bonds is 5. The van der Waals surface area contributed by atoms with Gasteiger partial charge in [0.1, 0.15) is 0 Å². The van der Waals surface area contributed by atoms with Crippen LogP contribution in [-0.2, 0) is 11.2 Å². The molecular weight excluding hydrogens is 224 g/mol. The van der Waals surface area contributed by atoms with Crippen molar-refractivity contribution in [3.63, 3.8) is 0 Å². The number of aryl methyl sites for hydroxylation is 1. The van der Waals surface area contributed by atoms with Gasteiger partial charge in [-0.05, 0) is 38.2 Å². The van der Waals surface area contributed by atoms with Crippen LogP contribution >= 0.6 is 0 Å². The van der Waals surface area contributed by atoms with E-state index in [-0.39, 0.29) is 11.4 Å². The fourth-order valence-corrected chi connectivity index (χ4v) is 2.40. The number of nitrogens with two attached hydrogens (primary N) is 1. The minimum Gasteiger partial charge on any atom is -0.356 e. The Kier molecular flexibility index (Phi) is 4.02. The van der Waals surface area contributed by atoms with Gasteiger partial charge in [0.05, 0.1) is 0 Å². The molecule has 1 fully saturated rings. The zero-order chi connectivity index (χ0) is 13.0. The van der Waals surface area contributed by atoms with E-state index in [0.717, 1.165) is 25.7 Å². The first kappa shape index (κ1) is 13.1. The molecule has 0 heterocycles. The van der Waals surface area contributed by atoms with Crippen molar-refractivity contribution in [3.8, 4) is 0 Å². The third-order valence-electron chi connectivity index (χ3n) is 3.68. The molecule has 1 aliphatic rings. The van der Waals surface area contributed by atoms with Crippen LogP contribution in [0, 0.1) is 6.92 Å². The molecule has 18 heavy (non-hydrogen) atoms. The van der Waals surface area contributed by atoms with E-state index in [1.165, 1.54) is 11.1 Å². The normalized spacial score (nSPS) is 17.0. The number of hydrogen-bond donors (Lipinski definition) is 2. The summed E-state index contributed by atoms with van der Waals surface area (Å²) < 4.78 is 0. The second kappa shape index (κ2) is 5.53. The zero-order valence-corrected chi connectivity index (χ0v) is 11.0. The molecule has 0 aromatic heterocycles. The summed E-state index contributed by atoms with van der Waals surface area (Å²) in [5.41, 5.74) is 8.35. The Morgan fingerprint density at radius 3 is 2.83 bits per heavy atom. The van der Waals surface area contributed by atoms with Crippen LogP contribution in [0.25, 0.3) is 0 Å². The van der Waals surface area contributed by atoms with Crippen LogP contribution in [0.15, 0.2) is 24.3 Å². The summed E-state index contributed by atoms with van der Waals surface area (Å²) in [6.07, 6.45) is 4.48. The molecule has 1 aromatic carbocycles. The lowest BCUT2D eigenvalue weighted by atomic mass is 9.75. The van der Waals surface area contributed by atoms with Gasteiger partial charge in [-0.25, -0.2) is 0 Å².